The summed E-state index contributed by atoms with van der Waals surface area (Å²) in [5.74, 6) is -0.639. The molecule has 1 heterocycles. The zero-order valence-electron chi connectivity index (χ0n) is 11.5. The lowest BCUT2D eigenvalue weighted by Crippen LogP contribution is -2.04. The summed E-state index contributed by atoms with van der Waals surface area (Å²) < 4.78 is 7.02. The molecule has 2 aromatic carbocycles. The van der Waals surface area contributed by atoms with E-state index in [1.807, 2.05) is 35.1 Å². The van der Waals surface area contributed by atoms with Crippen molar-refractivity contribution >= 4 is 16.9 Å². The molecule has 21 heavy (non-hydrogen) atoms. The summed E-state index contributed by atoms with van der Waals surface area (Å²) in [6.07, 6.45) is 1.82. The van der Waals surface area contributed by atoms with Gasteiger partial charge >= 0.3 is 5.97 Å². The Labute approximate surface area is 121 Å². The van der Waals surface area contributed by atoms with Gasteiger partial charge in [-0.3, -0.25) is 4.68 Å². The molecule has 3 rings (SSSR count). The van der Waals surface area contributed by atoms with E-state index in [-0.39, 0.29) is 5.56 Å². The molecule has 0 aliphatic rings. The average Bonchev–Trinajstić information content (AvgIpc) is 2.90. The average molecular weight is 282 g/mol. The lowest BCUT2D eigenvalue weighted by Gasteiger charge is -2.09. The van der Waals surface area contributed by atoms with Crippen LogP contribution in [0.1, 0.15) is 15.9 Å². The lowest BCUT2D eigenvalue weighted by molar-refractivity contribution is 0.0693. The molecule has 0 saturated carbocycles. The van der Waals surface area contributed by atoms with Gasteiger partial charge in [0.2, 0.25) is 0 Å². The van der Waals surface area contributed by atoms with Crippen LogP contribution in [0.15, 0.2) is 48.7 Å². The molecule has 0 saturated heterocycles. The van der Waals surface area contributed by atoms with Gasteiger partial charge < -0.3 is 9.84 Å². The number of methoxy groups -OCH3 is 1. The highest BCUT2D eigenvalue weighted by Crippen LogP contribution is 2.22. The molecule has 1 N–H and O–H groups in total. The molecule has 0 aliphatic carbocycles. The number of nitrogens with zero attached hydrogens (tertiary/aromatic N) is 2. The molecule has 1 aromatic heterocycles. The predicted molar refractivity (Wildman–Crippen MR) is 78.8 cm³/mol. The quantitative estimate of drug-likeness (QED) is 0.799. The molecule has 0 fully saturated rings. The fourth-order valence-electron chi connectivity index (χ4n) is 2.34. The highest BCUT2D eigenvalue weighted by atomic mass is 16.5. The largest absolute Gasteiger partial charge is 0.496 e. The molecule has 106 valence electrons. The van der Waals surface area contributed by atoms with E-state index in [1.165, 1.54) is 7.11 Å². The van der Waals surface area contributed by atoms with Crippen LogP contribution in [-0.4, -0.2) is 28.0 Å². The van der Waals surface area contributed by atoms with Gasteiger partial charge in [-0.15, -0.1) is 0 Å². The first kappa shape index (κ1) is 13.2. The topological polar surface area (TPSA) is 64.4 Å². The number of aromatic carboxylic acids is 1. The van der Waals surface area contributed by atoms with Gasteiger partial charge in [0, 0.05) is 5.39 Å². The molecular formula is C16H14N2O3. The number of fused-ring (bicyclic) bond motifs is 1. The van der Waals surface area contributed by atoms with E-state index >= 15 is 0 Å². The van der Waals surface area contributed by atoms with E-state index in [0.29, 0.717) is 12.3 Å². The van der Waals surface area contributed by atoms with Crippen LogP contribution in [0, 0.1) is 0 Å². The molecule has 3 aromatic rings. The molecule has 5 nitrogen and oxygen atoms in total. The van der Waals surface area contributed by atoms with Crippen LogP contribution in [0.2, 0.25) is 0 Å². The zero-order valence-corrected chi connectivity index (χ0v) is 11.5. The molecule has 0 bridgehead atoms. The summed E-state index contributed by atoms with van der Waals surface area (Å²) >= 11 is 0. The summed E-state index contributed by atoms with van der Waals surface area (Å²) in [5, 5.41) is 14.5. The summed E-state index contributed by atoms with van der Waals surface area (Å²) in [5.41, 5.74) is 2.14. The van der Waals surface area contributed by atoms with Crippen LogP contribution in [0.4, 0.5) is 0 Å². The van der Waals surface area contributed by atoms with Gasteiger partial charge in [-0.05, 0) is 23.8 Å². The van der Waals surface area contributed by atoms with E-state index in [4.69, 9.17) is 9.84 Å². The molecular weight excluding hydrogens is 268 g/mol. The minimum atomic E-state index is -0.997. The third kappa shape index (κ3) is 2.45. The van der Waals surface area contributed by atoms with Gasteiger partial charge in [0.25, 0.3) is 0 Å². The Balaban J connectivity index is 1.96. The minimum Gasteiger partial charge on any atom is -0.496 e. The number of aromatic nitrogens is 2. The predicted octanol–water partition coefficient (Wildman–Crippen LogP) is 2.79. The third-order valence-electron chi connectivity index (χ3n) is 3.38. The normalized spacial score (nSPS) is 10.7. The van der Waals surface area contributed by atoms with E-state index in [2.05, 4.69) is 5.10 Å². The monoisotopic (exact) mass is 282 g/mol. The Morgan fingerprint density at radius 2 is 2.10 bits per heavy atom. The first-order valence-electron chi connectivity index (χ1n) is 6.50. The third-order valence-corrected chi connectivity index (χ3v) is 3.38. The van der Waals surface area contributed by atoms with E-state index < -0.39 is 5.97 Å². The van der Waals surface area contributed by atoms with Crippen molar-refractivity contribution in [1.82, 2.24) is 9.78 Å². The number of hydrogen-bond donors (Lipinski definition) is 1. The molecule has 0 aliphatic heterocycles. The van der Waals surface area contributed by atoms with E-state index in [1.54, 1.807) is 18.2 Å². The maximum absolute atomic E-state index is 11.1. The van der Waals surface area contributed by atoms with Crippen LogP contribution in [-0.2, 0) is 6.54 Å². The number of para-hydroxylation sites is 1. The van der Waals surface area contributed by atoms with Crippen molar-refractivity contribution in [2.45, 2.75) is 6.54 Å². The van der Waals surface area contributed by atoms with Crippen LogP contribution in [0.25, 0.3) is 10.9 Å². The first-order valence-corrected chi connectivity index (χ1v) is 6.50. The van der Waals surface area contributed by atoms with Crippen LogP contribution >= 0.6 is 0 Å². The van der Waals surface area contributed by atoms with Gasteiger partial charge in [-0.1, -0.05) is 24.3 Å². The smallest absolute Gasteiger partial charge is 0.339 e. The zero-order chi connectivity index (χ0) is 14.8. The van der Waals surface area contributed by atoms with E-state index in [9.17, 15) is 4.79 Å². The van der Waals surface area contributed by atoms with Gasteiger partial charge in [0.05, 0.1) is 25.4 Å². The van der Waals surface area contributed by atoms with Crippen molar-refractivity contribution in [3.05, 3.63) is 59.8 Å². The van der Waals surface area contributed by atoms with Crippen molar-refractivity contribution < 1.29 is 14.6 Å². The van der Waals surface area contributed by atoms with Gasteiger partial charge in [-0.2, -0.15) is 5.10 Å². The van der Waals surface area contributed by atoms with Gasteiger partial charge in [-0.25, -0.2) is 4.79 Å². The fraction of sp³-hybridized carbons (Fsp3) is 0.125. The highest BCUT2D eigenvalue weighted by molar-refractivity contribution is 5.91. The Morgan fingerprint density at radius 3 is 2.86 bits per heavy atom. The molecule has 0 unspecified atom stereocenters. The fourth-order valence-corrected chi connectivity index (χ4v) is 2.34. The minimum absolute atomic E-state index is 0.159. The number of ether oxygens (including phenoxy) is 1. The maximum atomic E-state index is 11.1. The number of carboxylic acids is 1. The second kappa shape index (κ2) is 5.28. The second-order valence-corrected chi connectivity index (χ2v) is 4.70. The Bertz CT molecular complexity index is 808. The van der Waals surface area contributed by atoms with Crippen molar-refractivity contribution in [1.29, 1.82) is 0 Å². The number of benzene rings is 2. The molecule has 5 heteroatoms. The number of hydrogen-bond acceptors (Lipinski definition) is 3. The first-order chi connectivity index (χ1) is 10.2. The van der Waals surface area contributed by atoms with Gasteiger partial charge in [0.1, 0.15) is 11.3 Å². The Hall–Kier alpha value is -2.82. The SMILES string of the molecule is COc1cc(Cn2ncc3ccccc32)ccc1C(=O)O. The van der Waals surface area contributed by atoms with Crippen molar-refractivity contribution in [3.8, 4) is 5.75 Å². The van der Waals surface area contributed by atoms with Crippen LogP contribution in [0.3, 0.4) is 0 Å². The standard InChI is InChI=1S/C16H14N2O3/c1-21-15-8-11(6-7-13(15)16(19)20)10-18-14-5-3-2-4-12(14)9-17-18/h2-9H,10H2,1H3,(H,19,20). The highest BCUT2D eigenvalue weighted by Gasteiger charge is 2.12. The van der Waals surface area contributed by atoms with Gasteiger partial charge in [0.15, 0.2) is 0 Å². The van der Waals surface area contributed by atoms with Crippen LogP contribution < -0.4 is 4.74 Å². The number of rotatable bonds is 4. The second-order valence-electron chi connectivity index (χ2n) is 4.70. The molecule has 0 spiro atoms. The number of carboxylic acid groups (broad SMARTS) is 1. The molecule has 0 amide bonds. The summed E-state index contributed by atoms with van der Waals surface area (Å²) in [6.45, 7) is 0.559. The van der Waals surface area contributed by atoms with Crippen LogP contribution in [0.5, 0.6) is 5.75 Å². The van der Waals surface area contributed by atoms with Crippen molar-refractivity contribution in [2.75, 3.05) is 7.11 Å². The number of carbonyl (C=O) groups is 1. The molecule has 0 atom stereocenters. The lowest BCUT2D eigenvalue weighted by atomic mass is 10.1. The summed E-state index contributed by atoms with van der Waals surface area (Å²) in [4.78, 5) is 11.1. The van der Waals surface area contributed by atoms with Crippen molar-refractivity contribution in [3.63, 3.8) is 0 Å². The maximum Gasteiger partial charge on any atom is 0.339 e. The summed E-state index contributed by atoms with van der Waals surface area (Å²) in [6, 6.07) is 13.0. The van der Waals surface area contributed by atoms with Crippen molar-refractivity contribution in [2.24, 2.45) is 0 Å². The van der Waals surface area contributed by atoms with E-state index in [0.717, 1.165) is 16.5 Å². The Morgan fingerprint density at radius 1 is 1.29 bits per heavy atom. The summed E-state index contributed by atoms with van der Waals surface area (Å²) in [7, 11) is 1.47. The molecule has 0 radical (unpaired) electrons. The Kier molecular flexibility index (Phi) is 3.31.